The van der Waals surface area contributed by atoms with E-state index in [0.717, 1.165) is 12.0 Å². The highest BCUT2D eigenvalue weighted by molar-refractivity contribution is 5.94. The Hall–Kier alpha value is -2.94. The first-order valence-electron chi connectivity index (χ1n) is 12.5. The SMILES string of the molecule is CCC(C)C(N)C(=O)NC(C(=O)NC(Cc1ccccc1)C(=O)N1CCCC1C(=O)O)C(C)CC. The summed E-state index contributed by atoms with van der Waals surface area (Å²) in [6, 6.07) is 5.75. The number of benzene rings is 1. The van der Waals surface area contributed by atoms with Crippen LogP contribution in [0.5, 0.6) is 0 Å². The first-order valence-corrected chi connectivity index (χ1v) is 12.5. The number of likely N-dealkylation sites (tertiary alicyclic amines) is 1. The van der Waals surface area contributed by atoms with Crippen LogP contribution in [0.15, 0.2) is 30.3 Å². The zero-order valence-corrected chi connectivity index (χ0v) is 21.2. The van der Waals surface area contributed by atoms with Gasteiger partial charge in [-0.25, -0.2) is 4.79 Å². The van der Waals surface area contributed by atoms with Crippen molar-refractivity contribution in [1.82, 2.24) is 15.5 Å². The molecule has 1 heterocycles. The highest BCUT2D eigenvalue weighted by atomic mass is 16.4. The average molecular weight is 489 g/mol. The number of hydrogen-bond acceptors (Lipinski definition) is 5. The zero-order chi connectivity index (χ0) is 26.1. The lowest BCUT2D eigenvalue weighted by Gasteiger charge is -2.31. The van der Waals surface area contributed by atoms with Gasteiger partial charge in [0.25, 0.3) is 0 Å². The van der Waals surface area contributed by atoms with E-state index >= 15 is 0 Å². The molecule has 0 bridgehead atoms. The fraction of sp³-hybridized carbons (Fsp3) is 0.615. The Morgan fingerprint density at radius 3 is 2.23 bits per heavy atom. The van der Waals surface area contributed by atoms with Crippen molar-refractivity contribution in [3.05, 3.63) is 35.9 Å². The largest absolute Gasteiger partial charge is 0.480 e. The first-order chi connectivity index (χ1) is 16.6. The Balaban J connectivity index is 2.27. The van der Waals surface area contributed by atoms with Crippen LogP contribution in [-0.2, 0) is 25.6 Å². The normalized spacial score (nSPS) is 19.8. The number of hydrogen-bond donors (Lipinski definition) is 4. The molecule has 194 valence electrons. The Morgan fingerprint density at radius 2 is 1.66 bits per heavy atom. The third-order valence-corrected chi connectivity index (χ3v) is 7.07. The average Bonchev–Trinajstić information content (AvgIpc) is 3.35. The maximum absolute atomic E-state index is 13.5. The van der Waals surface area contributed by atoms with Crippen molar-refractivity contribution in [3.8, 4) is 0 Å². The third-order valence-electron chi connectivity index (χ3n) is 7.07. The van der Waals surface area contributed by atoms with Gasteiger partial charge in [-0.2, -0.15) is 0 Å². The second kappa shape index (κ2) is 13.2. The Labute approximate surface area is 207 Å². The summed E-state index contributed by atoms with van der Waals surface area (Å²) >= 11 is 0. The fourth-order valence-electron chi connectivity index (χ4n) is 4.26. The van der Waals surface area contributed by atoms with Crippen LogP contribution >= 0.6 is 0 Å². The number of nitrogens with two attached hydrogens (primary N) is 1. The second-order valence-corrected chi connectivity index (χ2v) is 9.56. The van der Waals surface area contributed by atoms with Crippen molar-refractivity contribution >= 4 is 23.7 Å². The number of rotatable bonds is 12. The number of carbonyl (C=O) groups is 4. The Morgan fingerprint density at radius 1 is 1.03 bits per heavy atom. The van der Waals surface area contributed by atoms with Gasteiger partial charge in [0.1, 0.15) is 18.1 Å². The van der Waals surface area contributed by atoms with Gasteiger partial charge in [-0.15, -0.1) is 0 Å². The molecule has 5 N–H and O–H groups in total. The predicted octanol–water partition coefficient (Wildman–Crippen LogP) is 1.69. The van der Waals surface area contributed by atoms with E-state index in [2.05, 4.69) is 10.6 Å². The van der Waals surface area contributed by atoms with E-state index in [-0.39, 0.29) is 18.3 Å². The van der Waals surface area contributed by atoms with Gasteiger partial charge in [0, 0.05) is 13.0 Å². The van der Waals surface area contributed by atoms with E-state index in [1.807, 2.05) is 58.0 Å². The minimum Gasteiger partial charge on any atom is -0.480 e. The van der Waals surface area contributed by atoms with E-state index in [1.54, 1.807) is 0 Å². The predicted molar refractivity (Wildman–Crippen MR) is 133 cm³/mol. The molecule has 0 aromatic heterocycles. The van der Waals surface area contributed by atoms with Crippen LogP contribution < -0.4 is 16.4 Å². The van der Waals surface area contributed by atoms with Crippen LogP contribution in [0.25, 0.3) is 0 Å². The van der Waals surface area contributed by atoms with E-state index in [9.17, 15) is 24.3 Å². The van der Waals surface area contributed by atoms with E-state index < -0.39 is 47.9 Å². The molecule has 0 saturated carbocycles. The van der Waals surface area contributed by atoms with Crippen molar-refractivity contribution < 1.29 is 24.3 Å². The third kappa shape index (κ3) is 7.52. The van der Waals surface area contributed by atoms with Crippen molar-refractivity contribution in [3.63, 3.8) is 0 Å². The van der Waals surface area contributed by atoms with Crippen LogP contribution in [0.3, 0.4) is 0 Å². The standard InChI is InChI=1S/C26H40N4O5/c1-5-16(3)21(27)23(31)29-22(17(4)6-2)24(32)28-19(15-18-11-8-7-9-12-18)25(33)30-14-10-13-20(30)26(34)35/h7-9,11-12,16-17,19-22H,5-6,10,13-15,27H2,1-4H3,(H,28,32)(H,29,31)(H,34,35). The van der Waals surface area contributed by atoms with Gasteiger partial charge in [-0.1, -0.05) is 70.9 Å². The Bertz CT molecular complexity index is 878. The maximum atomic E-state index is 13.5. The molecule has 9 heteroatoms. The van der Waals surface area contributed by atoms with Gasteiger partial charge in [-0.05, 0) is 30.2 Å². The molecular weight excluding hydrogens is 448 g/mol. The fourth-order valence-corrected chi connectivity index (χ4v) is 4.26. The van der Waals surface area contributed by atoms with Crippen molar-refractivity contribution in [2.24, 2.45) is 17.6 Å². The molecule has 1 aliphatic heterocycles. The van der Waals surface area contributed by atoms with Gasteiger partial charge in [0.05, 0.1) is 6.04 Å². The van der Waals surface area contributed by atoms with Gasteiger partial charge >= 0.3 is 5.97 Å². The highest BCUT2D eigenvalue weighted by Crippen LogP contribution is 2.20. The molecule has 3 amide bonds. The monoisotopic (exact) mass is 488 g/mol. The van der Waals surface area contributed by atoms with Gasteiger partial charge < -0.3 is 26.4 Å². The molecular formula is C26H40N4O5. The van der Waals surface area contributed by atoms with E-state index in [4.69, 9.17) is 5.73 Å². The summed E-state index contributed by atoms with van der Waals surface area (Å²) in [4.78, 5) is 52.7. The topological polar surface area (TPSA) is 142 Å². The number of nitrogens with one attached hydrogen (secondary N) is 2. The summed E-state index contributed by atoms with van der Waals surface area (Å²) in [5.41, 5.74) is 6.91. The van der Waals surface area contributed by atoms with Crippen LogP contribution in [0, 0.1) is 11.8 Å². The molecule has 0 aliphatic carbocycles. The lowest BCUT2D eigenvalue weighted by atomic mass is 9.95. The highest BCUT2D eigenvalue weighted by Gasteiger charge is 2.39. The summed E-state index contributed by atoms with van der Waals surface area (Å²) in [5.74, 6) is -2.62. The van der Waals surface area contributed by atoms with E-state index in [1.165, 1.54) is 4.90 Å². The molecule has 1 saturated heterocycles. The van der Waals surface area contributed by atoms with Crippen LogP contribution in [0.1, 0.15) is 58.9 Å². The smallest absolute Gasteiger partial charge is 0.326 e. The molecule has 35 heavy (non-hydrogen) atoms. The minimum atomic E-state index is -1.05. The number of carbonyl (C=O) groups excluding carboxylic acids is 3. The number of carboxylic acid groups (broad SMARTS) is 1. The number of amides is 3. The Kier molecular flexibility index (Phi) is 10.7. The molecule has 2 rings (SSSR count). The van der Waals surface area contributed by atoms with Crippen LogP contribution in [0.2, 0.25) is 0 Å². The van der Waals surface area contributed by atoms with Gasteiger partial charge in [0.2, 0.25) is 17.7 Å². The molecule has 1 aromatic carbocycles. The van der Waals surface area contributed by atoms with Gasteiger partial charge in [0.15, 0.2) is 0 Å². The van der Waals surface area contributed by atoms with Crippen molar-refractivity contribution in [2.45, 2.75) is 84.0 Å². The number of aliphatic carboxylic acids is 1. The lowest BCUT2D eigenvalue weighted by Crippen LogP contribution is -2.59. The van der Waals surface area contributed by atoms with Crippen LogP contribution in [-0.4, -0.2) is 64.4 Å². The summed E-state index contributed by atoms with van der Waals surface area (Å²) in [7, 11) is 0. The molecule has 1 fully saturated rings. The number of nitrogens with zero attached hydrogens (tertiary/aromatic N) is 1. The van der Waals surface area contributed by atoms with Crippen molar-refractivity contribution in [1.29, 1.82) is 0 Å². The zero-order valence-electron chi connectivity index (χ0n) is 21.2. The molecule has 1 aromatic rings. The molecule has 6 unspecified atom stereocenters. The summed E-state index contributed by atoms with van der Waals surface area (Å²) < 4.78 is 0. The van der Waals surface area contributed by atoms with Crippen LogP contribution in [0.4, 0.5) is 0 Å². The molecule has 9 nitrogen and oxygen atoms in total. The summed E-state index contributed by atoms with van der Waals surface area (Å²) in [5, 5.41) is 15.2. The molecule has 6 atom stereocenters. The minimum absolute atomic E-state index is 0.0498. The van der Waals surface area contributed by atoms with Crippen molar-refractivity contribution in [2.75, 3.05) is 6.54 Å². The lowest BCUT2D eigenvalue weighted by molar-refractivity contribution is -0.149. The first kappa shape index (κ1) is 28.3. The van der Waals surface area contributed by atoms with E-state index in [0.29, 0.717) is 25.8 Å². The summed E-state index contributed by atoms with van der Waals surface area (Å²) in [6.45, 7) is 7.92. The van der Waals surface area contributed by atoms with Gasteiger partial charge in [-0.3, -0.25) is 14.4 Å². The molecule has 0 radical (unpaired) electrons. The quantitative estimate of drug-likeness (QED) is 0.353. The number of carboxylic acids is 1. The maximum Gasteiger partial charge on any atom is 0.326 e. The second-order valence-electron chi connectivity index (χ2n) is 9.56. The summed E-state index contributed by atoms with van der Waals surface area (Å²) in [6.07, 6.45) is 2.53. The molecule has 0 spiro atoms. The molecule has 1 aliphatic rings.